The molecule has 4 nitrogen and oxygen atoms in total. The molecule has 0 aliphatic carbocycles. The third kappa shape index (κ3) is 4.48. The molecule has 21 heavy (non-hydrogen) atoms. The standard InChI is InChI=1S/C14H11F3N2O2/c15-14(16,17)21-12-3-1-2-9(7-12)10-4-5-19-11(6-10)8-13(18)20/h1-7H,8H2,(H2,18,20). The highest BCUT2D eigenvalue weighted by Gasteiger charge is 2.31. The molecule has 0 aliphatic heterocycles. The summed E-state index contributed by atoms with van der Waals surface area (Å²) in [6, 6.07) is 8.77. The van der Waals surface area contributed by atoms with Crippen LogP contribution in [0.3, 0.4) is 0 Å². The minimum atomic E-state index is -4.74. The number of halogens is 3. The van der Waals surface area contributed by atoms with Gasteiger partial charge in [0.2, 0.25) is 5.91 Å². The van der Waals surface area contributed by atoms with Crippen LogP contribution in [0.4, 0.5) is 13.2 Å². The van der Waals surface area contributed by atoms with Crippen LogP contribution in [0.1, 0.15) is 5.69 Å². The number of rotatable bonds is 4. The van der Waals surface area contributed by atoms with Gasteiger partial charge in [-0.3, -0.25) is 9.78 Å². The van der Waals surface area contributed by atoms with E-state index in [1.807, 2.05) is 0 Å². The molecule has 0 saturated carbocycles. The molecule has 0 radical (unpaired) electrons. The quantitative estimate of drug-likeness (QED) is 0.943. The zero-order valence-electron chi connectivity index (χ0n) is 10.7. The monoisotopic (exact) mass is 296 g/mol. The van der Waals surface area contributed by atoms with Crippen LogP contribution in [0.25, 0.3) is 11.1 Å². The summed E-state index contributed by atoms with van der Waals surface area (Å²) in [6.07, 6.45) is -3.31. The molecule has 2 aromatic rings. The van der Waals surface area contributed by atoms with Gasteiger partial charge in [0, 0.05) is 6.20 Å². The van der Waals surface area contributed by atoms with Gasteiger partial charge in [-0.2, -0.15) is 0 Å². The number of nitrogens with two attached hydrogens (primary N) is 1. The van der Waals surface area contributed by atoms with Gasteiger partial charge in [0.1, 0.15) is 5.75 Å². The number of aromatic nitrogens is 1. The molecule has 1 aromatic heterocycles. The van der Waals surface area contributed by atoms with Crippen molar-refractivity contribution in [2.24, 2.45) is 5.73 Å². The fourth-order valence-electron chi connectivity index (χ4n) is 1.81. The third-order valence-electron chi connectivity index (χ3n) is 2.57. The average Bonchev–Trinajstić information content (AvgIpc) is 2.36. The lowest BCUT2D eigenvalue weighted by Gasteiger charge is -2.10. The van der Waals surface area contributed by atoms with Crippen molar-refractivity contribution >= 4 is 5.91 Å². The van der Waals surface area contributed by atoms with E-state index in [-0.39, 0.29) is 12.2 Å². The van der Waals surface area contributed by atoms with Crippen molar-refractivity contribution in [3.8, 4) is 16.9 Å². The van der Waals surface area contributed by atoms with E-state index in [9.17, 15) is 18.0 Å². The predicted octanol–water partition coefficient (Wildman–Crippen LogP) is 2.68. The number of hydrogen-bond acceptors (Lipinski definition) is 3. The number of hydrogen-bond donors (Lipinski definition) is 1. The van der Waals surface area contributed by atoms with E-state index in [2.05, 4.69) is 9.72 Å². The summed E-state index contributed by atoms with van der Waals surface area (Å²) in [5, 5.41) is 0. The molecule has 0 atom stereocenters. The fraction of sp³-hybridized carbons (Fsp3) is 0.143. The summed E-state index contributed by atoms with van der Waals surface area (Å²) in [6.45, 7) is 0. The number of primary amides is 1. The van der Waals surface area contributed by atoms with Gasteiger partial charge in [0.15, 0.2) is 0 Å². The largest absolute Gasteiger partial charge is 0.573 e. The maximum absolute atomic E-state index is 12.2. The van der Waals surface area contributed by atoms with Gasteiger partial charge in [-0.1, -0.05) is 12.1 Å². The van der Waals surface area contributed by atoms with Crippen molar-refractivity contribution < 1.29 is 22.7 Å². The second-order valence-electron chi connectivity index (χ2n) is 4.25. The topological polar surface area (TPSA) is 65.2 Å². The number of nitrogens with zero attached hydrogens (tertiary/aromatic N) is 1. The summed E-state index contributed by atoms with van der Waals surface area (Å²) in [4.78, 5) is 14.8. The Hall–Kier alpha value is -2.57. The van der Waals surface area contributed by atoms with E-state index >= 15 is 0 Å². The first kappa shape index (κ1) is 14.8. The molecule has 0 saturated heterocycles. The minimum absolute atomic E-state index is 0.0351. The lowest BCUT2D eigenvalue weighted by atomic mass is 10.1. The molecule has 1 heterocycles. The molecule has 0 aliphatic rings. The van der Waals surface area contributed by atoms with Crippen LogP contribution in [0.15, 0.2) is 42.6 Å². The molecule has 0 fully saturated rings. The molecule has 2 rings (SSSR count). The Morgan fingerprint density at radius 3 is 2.57 bits per heavy atom. The second-order valence-corrected chi connectivity index (χ2v) is 4.25. The smallest absolute Gasteiger partial charge is 0.406 e. The van der Waals surface area contributed by atoms with E-state index in [0.29, 0.717) is 16.8 Å². The van der Waals surface area contributed by atoms with Gasteiger partial charge in [0.25, 0.3) is 0 Å². The number of pyridine rings is 1. The number of alkyl halides is 3. The van der Waals surface area contributed by atoms with Crippen LogP contribution >= 0.6 is 0 Å². The molecule has 1 amide bonds. The summed E-state index contributed by atoms with van der Waals surface area (Å²) < 4.78 is 40.5. The van der Waals surface area contributed by atoms with Gasteiger partial charge in [0.05, 0.1) is 12.1 Å². The first-order valence-electron chi connectivity index (χ1n) is 5.93. The van der Waals surface area contributed by atoms with Gasteiger partial charge >= 0.3 is 6.36 Å². The summed E-state index contributed by atoms with van der Waals surface area (Å²) >= 11 is 0. The van der Waals surface area contributed by atoms with Crippen LogP contribution in [-0.2, 0) is 11.2 Å². The molecule has 2 N–H and O–H groups in total. The van der Waals surface area contributed by atoms with Crippen LogP contribution in [0, 0.1) is 0 Å². The number of carbonyl (C=O) groups excluding carboxylic acids is 1. The van der Waals surface area contributed by atoms with Gasteiger partial charge in [-0.25, -0.2) is 0 Å². The summed E-state index contributed by atoms with van der Waals surface area (Å²) in [5.74, 6) is -0.845. The maximum Gasteiger partial charge on any atom is 0.573 e. The normalized spacial score (nSPS) is 11.2. The fourth-order valence-corrected chi connectivity index (χ4v) is 1.81. The van der Waals surface area contributed by atoms with Crippen LogP contribution in [-0.4, -0.2) is 17.3 Å². The van der Waals surface area contributed by atoms with Crippen molar-refractivity contribution in [1.29, 1.82) is 0 Å². The van der Waals surface area contributed by atoms with E-state index in [1.165, 1.54) is 24.4 Å². The van der Waals surface area contributed by atoms with E-state index in [0.717, 1.165) is 0 Å². The van der Waals surface area contributed by atoms with E-state index in [4.69, 9.17) is 5.73 Å². The Bertz CT molecular complexity index is 657. The van der Waals surface area contributed by atoms with Gasteiger partial charge < -0.3 is 10.5 Å². The zero-order chi connectivity index (χ0) is 15.5. The van der Waals surface area contributed by atoms with Crippen molar-refractivity contribution in [2.45, 2.75) is 12.8 Å². The van der Waals surface area contributed by atoms with Crippen LogP contribution in [0.5, 0.6) is 5.75 Å². The summed E-state index contributed by atoms with van der Waals surface area (Å²) in [5.41, 5.74) is 6.67. The Balaban J connectivity index is 2.29. The van der Waals surface area contributed by atoms with Gasteiger partial charge in [-0.05, 0) is 35.4 Å². The molecular weight excluding hydrogens is 285 g/mol. The molecule has 0 bridgehead atoms. The predicted molar refractivity (Wildman–Crippen MR) is 69.3 cm³/mol. The second kappa shape index (κ2) is 5.82. The maximum atomic E-state index is 12.2. The van der Waals surface area contributed by atoms with Crippen LogP contribution in [0.2, 0.25) is 0 Å². The summed E-state index contributed by atoms with van der Waals surface area (Å²) in [7, 11) is 0. The van der Waals surface area contributed by atoms with Crippen molar-refractivity contribution in [3.63, 3.8) is 0 Å². The lowest BCUT2D eigenvalue weighted by Crippen LogP contribution is -2.17. The molecule has 0 unspecified atom stereocenters. The Kier molecular flexibility index (Phi) is 4.11. The first-order chi connectivity index (χ1) is 9.83. The number of ether oxygens (including phenoxy) is 1. The molecule has 110 valence electrons. The Morgan fingerprint density at radius 2 is 1.90 bits per heavy atom. The highest BCUT2D eigenvalue weighted by atomic mass is 19.4. The van der Waals surface area contributed by atoms with E-state index in [1.54, 1.807) is 18.2 Å². The van der Waals surface area contributed by atoms with Crippen molar-refractivity contribution in [2.75, 3.05) is 0 Å². The number of carbonyl (C=O) groups is 1. The Morgan fingerprint density at radius 1 is 1.19 bits per heavy atom. The first-order valence-corrected chi connectivity index (χ1v) is 5.93. The molecule has 1 aromatic carbocycles. The SMILES string of the molecule is NC(=O)Cc1cc(-c2cccc(OC(F)(F)F)c2)ccn1. The Labute approximate surface area is 118 Å². The zero-order valence-corrected chi connectivity index (χ0v) is 10.7. The van der Waals surface area contributed by atoms with Crippen LogP contribution < -0.4 is 10.5 Å². The molecule has 7 heteroatoms. The lowest BCUT2D eigenvalue weighted by molar-refractivity contribution is -0.274. The van der Waals surface area contributed by atoms with Crippen molar-refractivity contribution in [1.82, 2.24) is 4.98 Å². The average molecular weight is 296 g/mol. The minimum Gasteiger partial charge on any atom is -0.406 e. The molecular formula is C14H11F3N2O2. The molecule has 0 spiro atoms. The highest BCUT2D eigenvalue weighted by Crippen LogP contribution is 2.28. The highest BCUT2D eigenvalue weighted by molar-refractivity contribution is 5.76. The van der Waals surface area contributed by atoms with Gasteiger partial charge in [-0.15, -0.1) is 13.2 Å². The van der Waals surface area contributed by atoms with E-state index < -0.39 is 12.3 Å². The number of amides is 1. The number of benzene rings is 1. The third-order valence-corrected chi connectivity index (χ3v) is 2.57. The van der Waals surface area contributed by atoms with Crippen molar-refractivity contribution in [3.05, 3.63) is 48.3 Å².